The van der Waals surface area contributed by atoms with Crippen molar-refractivity contribution in [2.24, 2.45) is 0 Å². The van der Waals surface area contributed by atoms with E-state index >= 15 is 0 Å². The number of anilines is 2. The van der Waals surface area contributed by atoms with Gasteiger partial charge in [-0.15, -0.1) is 5.10 Å². The van der Waals surface area contributed by atoms with Crippen molar-refractivity contribution in [1.29, 1.82) is 0 Å². The fraction of sp³-hybridized carbons (Fsp3) is 0.500. The van der Waals surface area contributed by atoms with Crippen LogP contribution in [-0.4, -0.2) is 61.5 Å². The van der Waals surface area contributed by atoms with Gasteiger partial charge in [0.05, 0.1) is 13.2 Å². The van der Waals surface area contributed by atoms with E-state index in [9.17, 15) is 0 Å². The maximum Gasteiger partial charge on any atom is 0.315 e. The Kier molecular flexibility index (Phi) is 5.44. The molecule has 0 spiro atoms. The highest BCUT2D eigenvalue weighted by molar-refractivity contribution is 5.58. The molecule has 23 heavy (non-hydrogen) atoms. The number of nitrogens with zero attached hydrogens (tertiary/aromatic N) is 3. The molecule has 1 aliphatic rings. The van der Waals surface area contributed by atoms with Gasteiger partial charge in [0.25, 0.3) is 0 Å². The third kappa shape index (κ3) is 4.43. The quantitative estimate of drug-likeness (QED) is 0.756. The predicted octanol–water partition coefficient (Wildman–Crippen LogP) is 1.91. The van der Waals surface area contributed by atoms with E-state index in [-0.39, 0.29) is 0 Å². The van der Waals surface area contributed by atoms with Crippen LogP contribution in [0.4, 0.5) is 11.7 Å². The van der Waals surface area contributed by atoms with Gasteiger partial charge in [0.2, 0.25) is 5.89 Å². The van der Waals surface area contributed by atoms with E-state index in [0.29, 0.717) is 11.9 Å². The summed E-state index contributed by atoms with van der Waals surface area (Å²) in [6, 6.07) is 8.35. The third-order valence-electron chi connectivity index (χ3n) is 3.88. The largest absolute Gasteiger partial charge is 0.403 e. The molecule has 0 unspecified atom stereocenters. The molecule has 0 bridgehead atoms. The average Bonchev–Trinajstić information content (AvgIpc) is 3.09. The van der Waals surface area contributed by atoms with E-state index in [2.05, 4.69) is 25.7 Å². The molecule has 7 nitrogen and oxygen atoms in total. The van der Waals surface area contributed by atoms with Crippen LogP contribution in [0.2, 0.25) is 0 Å². The number of hydrogen-bond donors (Lipinski definition) is 2. The molecule has 7 heteroatoms. The Balaban J connectivity index is 1.45. The summed E-state index contributed by atoms with van der Waals surface area (Å²) >= 11 is 0. The second-order valence-electron chi connectivity index (χ2n) is 5.47. The monoisotopic (exact) mass is 317 g/mol. The highest BCUT2D eigenvalue weighted by Gasteiger charge is 2.10. The van der Waals surface area contributed by atoms with Crippen molar-refractivity contribution < 1.29 is 9.15 Å². The maximum atomic E-state index is 5.65. The van der Waals surface area contributed by atoms with Crippen molar-refractivity contribution in [3.8, 4) is 11.5 Å². The van der Waals surface area contributed by atoms with Crippen molar-refractivity contribution in [3.63, 3.8) is 0 Å². The fourth-order valence-electron chi connectivity index (χ4n) is 2.51. The molecule has 1 aromatic carbocycles. The summed E-state index contributed by atoms with van der Waals surface area (Å²) in [4.78, 5) is 2.41. The number of aromatic nitrogens is 2. The number of nitrogens with one attached hydrogen (secondary N) is 2. The van der Waals surface area contributed by atoms with Gasteiger partial charge in [0.15, 0.2) is 0 Å². The standard InChI is InChI=1S/C16H23N5O2/c1-17-14-5-3-13(4-6-14)15-19-20-16(23-15)18-7-2-8-21-9-11-22-12-10-21/h3-6,17H,2,7-12H2,1H3,(H,18,20). The van der Waals surface area contributed by atoms with Gasteiger partial charge in [-0.05, 0) is 37.2 Å². The zero-order valence-corrected chi connectivity index (χ0v) is 13.4. The molecule has 124 valence electrons. The van der Waals surface area contributed by atoms with Crippen LogP contribution in [-0.2, 0) is 4.74 Å². The zero-order chi connectivity index (χ0) is 15.9. The number of morpholine rings is 1. The second-order valence-corrected chi connectivity index (χ2v) is 5.47. The lowest BCUT2D eigenvalue weighted by Gasteiger charge is -2.26. The summed E-state index contributed by atoms with van der Waals surface area (Å²) in [7, 11) is 1.89. The molecule has 1 aliphatic heterocycles. The van der Waals surface area contributed by atoms with Gasteiger partial charge in [0, 0.05) is 37.9 Å². The fourth-order valence-corrected chi connectivity index (χ4v) is 2.51. The molecule has 0 amide bonds. The highest BCUT2D eigenvalue weighted by Crippen LogP contribution is 2.21. The summed E-state index contributed by atoms with van der Waals surface area (Å²) in [5.74, 6) is 0.531. The SMILES string of the molecule is CNc1ccc(-c2nnc(NCCCN3CCOCC3)o2)cc1. The van der Waals surface area contributed by atoms with Gasteiger partial charge in [0.1, 0.15) is 0 Å². The number of benzene rings is 1. The molecule has 0 radical (unpaired) electrons. The van der Waals surface area contributed by atoms with Crippen LogP contribution in [0.5, 0.6) is 0 Å². The first-order valence-corrected chi connectivity index (χ1v) is 8.01. The van der Waals surface area contributed by atoms with E-state index in [1.54, 1.807) is 0 Å². The molecular weight excluding hydrogens is 294 g/mol. The smallest absolute Gasteiger partial charge is 0.315 e. The normalized spacial score (nSPS) is 15.5. The molecule has 1 aromatic heterocycles. The predicted molar refractivity (Wildman–Crippen MR) is 89.6 cm³/mol. The Labute approximate surface area is 136 Å². The van der Waals surface area contributed by atoms with Gasteiger partial charge in [-0.1, -0.05) is 5.10 Å². The molecule has 3 rings (SSSR count). The third-order valence-corrected chi connectivity index (χ3v) is 3.88. The van der Waals surface area contributed by atoms with E-state index < -0.39 is 0 Å². The number of hydrogen-bond acceptors (Lipinski definition) is 7. The molecule has 0 aliphatic carbocycles. The van der Waals surface area contributed by atoms with Crippen LogP contribution in [0.15, 0.2) is 28.7 Å². The molecule has 0 atom stereocenters. The van der Waals surface area contributed by atoms with Gasteiger partial charge in [-0.3, -0.25) is 4.90 Å². The summed E-state index contributed by atoms with van der Waals surface area (Å²) in [5, 5.41) is 14.4. The van der Waals surface area contributed by atoms with Crippen LogP contribution in [0.3, 0.4) is 0 Å². The van der Waals surface area contributed by atoms with Gasteiger partial charge in [-0.25, -0.2) is 0 Å². The van der Waals surface area contributed by atoms with Crippen LogP contribution in [0.25, 0.3) is 11.5 Å². The van der Waals surface area contributed by atoms with E-state index in [1.165, 1.54) is 0 Å². The van der Waals surface area contributed by atoms with Gasteiger partial charge < -0.3 is 19.8 Å². The lowest BCUT2D eigenvalue weighted by atomic mass is 10.2. The Morgan fingerprint density at radius 2 is 1.91 bits per heavy atom. The topological polar surface area (TPSA) is 75.5 Å². The molecular formula is C16H23N5O2. The molecule has 0 saturated carbocycles. The summed E-state index contributed by atoms with van der Waals surface area (Å²) in [6.07, 6.45) is 1.04. The summed E-state index contributed by atoms with van der Waals surface area (Å²) in [6.45, 7) is 5.60. The number of ether oxygens (including phenoxy) is 1. The minimum atomic E-state index is 0.472. The van der Waals surface area contributed by atoms with E-state index in [1.807, 2.05) is 31.3 Å². The first kappa shape index (κ1) is 15.8. The summed E-state index contributed by atoms with van der Waals surface area (Å²) in [5.41, 5.74) is 1.97. The van der Waals surface area contributed by atoms with E-state index in [4.69, 9.17) is 9.15 Å². The average molecular weight is 317 g/mol. The number of rotatable bonds is 7. The van der Waals surface area contributed by atoms with Crippen LogP contribution in [0, 0.1) is 0 Å². The molecule has 1 saturated heterocycles. The maximum absolute atomic E-state index is 5.65. The van der Waals surface area contributed by atoms with Crippen molar-refractivity contribution in [2.75, 3.05) is 57.1 Å². The Morgan fingerprint density at radius 3 is 2.65 bits per heavy atom. The Hall–Kier alpha value is -2.12. The first-order valence-electron chi connectivity index (χ1n) is 8.01. The van der Waals surface area contributed by atoms with Gasteiger partial charge in [-0.2, -0.15) is 0 Å². The van der Waals surface area contributed by atoms with Crippen molar-refractivity contribution >= 4 is 11.7 Å². The minimum absolute atomic E-state index is 0.472. The minimum Gasteiger partial charge on any atom is -0.403 e. The second kappa shape index (κ2) is 7.94. The summed E-state index contributed by atoms with van der Waals surface area (Å²) < 4.78 is 11.0. The van der Waals surface area contributed by atoms with Crippen LogP contribution >= 0.6 is 0 Å². The van der Waals surface area contributed by atoms with Crippen molar-refractivity contribution in [1.82, 2.24) is 15.1 Å². The highest BCUT2D eigenvalue weighted by atomic mass is 16.5. The first-order chi connectivity index (χ1) is 11.3. The lowest BCUT2D eigenvalue weighted by Crippen LogP contribution is -2.37. The van der Waals surface area contributed by atoms with Crippen LogP contribution in [0.1, 0.15) is 6.42 Å². The zero-order valence-electron chi connectivity index (χ0n) is 13.4. The van der Waals surface area contributed by atoms with Gasteiger partial charge >= 0.3 is 6.01 Å². The molecule has 1 fully saturated rings. The van der Waals surface area contributed by atoms with Crippen molar-refractivity contribution in [3.05, 3.63) is 24.3 Å². The van der Waals surface area contributed by atoms with Crippen LogP contribution < -0.4 is 10.6 Å². The molecule has 2 N–H and O–H groups in total. The Bertz CT molecular complexity index is 593. The van der Waals surface area contributed by atoms with E-state index in [0.717, 1.165) is 57.1 Å². The Morgan fingerprint density at radius 1 is 1.13 bits per heavy atom. The molecule has 2 aromatic rings. The molecule has 2 heterocycles. The van der Waals surface area contributed by atoms with Crippen molar-refractivity contribution in [2.45, 2.75) is 6.42 Å². The lowest BCUT2D eigenvalue weighted by molar-refractivity contribution is 0.0378.